The molecule has 0 aliphatic heterocycles. The van der Waals surface area contributed by atoms with Gasteiger partial charge in [-0.3, -0.25) is 4.72 Å². The number of hydrogen-bond donors (Lipinski definition) is 1. The largest absolute Gasteiger partial charge is 0.279 e. The van der Waals surface area contributed by atoms with Gasteiger partial charge >= 0.3 is 0 Å². The monoisotopic (exact) mass is 465 g/mol. The Morgan fingerprint density at radius 2 is 1.93 bits per heavy atom. The molecule has 0 amide bonds. The van der Waals surface area contributed by atoms with Crippen LogP contribution in [0.25, 0.3) is 5.78 Å². The van der Waals surface area contributed by atoms with Crippen molar-refractivity contribution >= 4 is 56.2 Å². The van der Waals surface area contributed by atoms with E-state index in [1.165, 1.54) is 17.8 Å². The molecule has 0 bridgehead atoms. The normalized spacial score (nSPS) is 11.8. The minimum atomic E-state index is -3.65. The minimum absolute atomic E-state index is 0.175. The lowest BCUT2D eigenvalue weighted by Crippen LogP contribution is -2.11. The van der Waals surface area contributed by atoms with Crippen molar-refractivity contribution in [2.24, 2.45) is 0 Å². The van der Waals surface area contributed by atoms with Crippen LogP contribution >= 0.6 is 34.7 Å². The maximum Gasteiger partial charge on any atom is 0.271 e. The van der Waals surface area contributed by atoms with E-state index in [1.807, 2.05) is 32.0 Å². The molecule has 0 radical (unpaired) electrons. The third-order valence-corrected chi connectivity index (χ3v) is 8.06. The van der Waals surface area contributed by atoms with E-state index in [9.17, 15) is 8.42 Å². The van der Waals surface area contributed by atoms with Crippen LogP contribution in [0.1, 0.15) is 18.4 Å². The lowest BCUT2D eigenvalue weighted by molar-refractivity contribution is 0.603. The molecule has 3 heterocycles. The summed E-state index contributed by atoms with van der Waals surface area (Å²) in [7, 11) is -3.65. The van der Waals surface area contributed by atoms with Gasteiger partial charge in [0.1, 0.15) is 15.1 Å². The van der Waals surface area contributed by atoms with Gasteiger partial charge in [0, 0.05) is 16.3 Å². The number of anilines is 1. The highest BCUT2D eigenvalue weighted by atomic mass is 35.5. The van der Waals surface area contributed by atoms with Crippen molar-refractivity contribution < 1.29 is 8.42 Å². The number of sulfonamides is 1. The summed E-state index contributed by atoms with van der Waals surface area (Å²) < 4.78 is 29.7. The summed E-state index contributed by atoms with van der Waals surface area (Å²) in [5.74, 6) is 1.23. The number of nitrogens with one attached hydrogen (secondary N) is 1. The van der Waals surface area contributed by atoms with Crippen molar-refractivity contribution in [1.82, 2.24) is 19.6 Å². The number of aromatic nitrogens is 4. The summed E-state index contributed by atoms with van der Waals surface area (Å²) in [4.78, 5) is 9.78. The van der Waals surface area contributed by atoms with Crippen LogP contribution in [0, 0.1) is 6.92 Å². The van der Waals surface area contributed by atoms with Gasteiger partial charge in [0.05, 0.1) is 4.34 Å². The molecule has 0 aliphatic rings. The Bertz CT molecular complexity index is 1280. The first kappa shape index (κ1) is 20.1. The van der Waals surface area contributed by atoms with Crippen LogP contribution < -0.4 is 4.72 Å². The molecular formula is C18H16ClN5O2S3. The van der Waals surface area contributed by atoms with Gasteiger partial charge in [-0.2, -0.15) is 9.50 Å². The van der Waals surface area contributed by atoms with Gasteiger partial charge in [-0.05, 0) is 55.8 Å². The summed E-state index contributed by atoms with van der Waals surface area (Å²) in [5, 5.41) is 5.30. The van der Waals surface area contributed by atoms with E-state index in [2.05, 4.69) is 19.8 Å². The minimum Gasteiger partial charge on any atom is -0.279 e. The van der Waals surface area contributed by atoms with Crippen molar-refractivity contribution in [3.8, 4) is 0 Å². The second-order valence-corrected chi connectivity index (χ2v) is 10.8. The topological polar surface area (TPSA) is 89.2 Å². The smallest absolute Gasteiger partial charge is 0.271 e. The van der Waals surface area contributed by atoms with Crippen LogP contribution in [0.2, 0.25) is 4.34 Å². The van der Waals surface area contributed by atoms with Crippen molar-refractivity contribution in [2.75, 3.05) is 4.72 Å². The molecule has 0 aliphatic carbocycles. The molecule has 1 N–H and O–H groups in total. The fourth-order valence-electron chi connectivity index (χ4n) is 2.60. The molecule has 0 saturated heterocycles. The standard InChI is InChI=1S/C18H16ClN5O2S3/c1-3-12-10-16(24-18(21-12)20-11(2)22-24)27-14-6-4-13(5-7-14)23-29(25,26)17-9-8-15(19)28-17/h4-10,23H,3H2,1-2H3. The van der Waals surface area contributed by atoms with E-state index in [0.717, 1.165) is 33.4 Å². The number of fused-ring (bicyclic) bond motifs is 1. The van der Waals surface area contributed by atoms with Crippen LogP contribution in [0.5, 0.6) is 0 Å². The van der Waals surface area contributed by atoms with Crippen LogP contribution in [0.15, 0.2) is 56.6 Å². The Morgan fingerprint density at radius 1 is 1.17 bits per heavy atom. The Hall–Kier alpha value is -2.14. The molecule has 3 aromatic heterocycles. The van der Waals surface area contributed by atoms with E-state index in [0.29, 0.717) is 21.6 Å². The number of rotatable bonds is 6. The molecule has 0 spiro atoms. The van der Waals surface area contributed by atoms with Crippen LogP contribution in [0.4, 0.5) is 5.69 Å². The van der Waals surface area contributed by atoms with Gasteiger partial charge in [0.2, 0.25) is 0 Å². The second kappa shape index (κ2) is 7.94. The molecule has 0 atom stereocenters. The fraction of sp³-hybridized carbons (Fsp3) is 0.167. The van der Waals surface area contributed by atoms with Crippen molar-refractivity contribution in [3.05, 3.63) is 58.3 Å². The van der Waals surface area contributed by atoms with Gasteiger partial charge < -0.3 is 0 Å². The third-order valence-electron chi connectivity index (χ3n) is 3.94. The molecule has 4 aromatic rings. The summed E-state index contributed by atoms with van der Waals surface area (Å²) in [6.45, 7) is 3.87. The number of benzene rings is 1. The molecule has 11 heteroatoms. The van der Waals surface area contributed by atoms with Crippen molar-refractivity contribution in [3.63, 3.8) is 0 Å². The third kappa shape index (κ3) is 4.40. The number of hydrogen-bond acceptors (Lipinski definition) is 7. The van der Waals surface area contributed by atoms with Gasteiger partial charge in [-0.1, -0.05) is 30.3 Å². The zero-order valence-corrected chi connectivity index (χ0v) is 18.7. The molecule has 0 saturated carbocycles. The first-order valence-corrected chi connectivity index (χ1v) is 12.1. The molecule has 150 valence electrons. The highest BCUT2D eigenvalue weighted by Gasteiger charge is 2.17. The zero-order chi connectivity index (χ0) is 20.6. The quantitative estimate of drug-likeness (QED) is 0.416. The van der Waals surface area contributed by atoms with Gasteiger partial charge in [-0.15, -0.1) is 16.4 Å². The van der Waals surface area contributed by atoms with Crippen LogP contribution in [0.3, 0.4) is 0 Å². The highest BCUT2D eigenvalue weighted by molar-refractivity contribution is 7.99. The Balaban J connectivity index is 1.57. The summed E-state index contributed by atoms with van der Waals surface area (Å²) >= 11 is 8.37. The Kier molecular flexibility index (Phi) is 5.52. The van der Waals surface area contributed by atoms with E-state index < -0.39 is 10.0 Å². The maximum absolute atomic E-state index is 12.4. The van der Waals surface area contributed by atoms with E-state index in [1.54, 1.807) is 22.7 Å². The predicted octanol–water partition coefficient (Wildman–Crippen LogP) is 4.66. The van der Waals surface area contributed by atoms with E-state index in [-0.39, 0.29) is 4.21 Å². The van der Waals surface area contributed by atoms with Crippen molar-refractivity contribution in [2.45, 2.75) is 34.4 Å². The number of aryl methyl sites for hydroxylation is 2. The summed E-state index contributed by atoms with van der Waals surface area (Å²) in [5.41, 5.74) is 1.41. The molecular weight excluding hydrogens is 450 g/mol. The number of nitrogens with zero attached hydrogens (tertiary/aromatic N) is 4. The molecule has 0 fully saturated rings. The first-order chi connectivity index (χ1) is 13.8. The molecule has 4 rings (SSSR count). The lowest BCUT2D eigenvalue weighted by Gasteiger charge is -2.08. The summed E-state index contributed by atoms with van der Waals surface area (Å²) in [6.07, 6.45) is 0.795. The molecule has 7 nitrogen and oxygen atoms in total. The van der Waals surface area contributed by atoms with Gasteiger partial charge in [-0.25, -0.2) is 13.4 Å². The average molecular weight is 466 g/mol. The Labute approximate surface area is 181 Å². The second-order valence-electron chi connectivity index (χ2n) is 6.10. The van der Waals surface area contributed by atoms with E-state index in [4.69, 9.17) is 11.6 Å². The Morgan fingerprint density at radius 3 is 2.59 bits per heavy atom. The SMILES string of the molecule is CCc1cc(Sc2ccc(NS(=O)(=O)c3ccc(Cl)s3)cc2)n2nc(C)nc2n1. The predicted molar refractivity (Wildman–Crippen MR) is 116 cm³/mol. The summed E-state index contributed by atoms with van der Waals surface area (Å²) in [6, 6.07) is 12.2. The molecule has 0 unspecified atom stereocenters. The fourth-order valence-corrected chi connectivity index (χ4v) is 6.06. The maximum atomic E-state index is 12.4. The van der Waals surface area contributed by atoms with Crippen LogP contribution in [-0.2, 0) is 16.4 Å². The first-order valence-electron chi connectivity index (χ1n) is 8.63. The molecule has 1 aromatic carbocycles. The zero-order valence-electron chi connectivity index (χ0n) is 15.5. The number of thiophene rings is 1. The molecule has 29 heavy (non-hydrogen) atoms. The number of halogens is 1. The van der Waals surface area contributed by atoms with E-state index >= 15 is 0 Å². The van der Waals surface area contributed by atoms with Crippen LogP contribution in [-0.4, -0.2) is 28.0 Å². The van der Waals surface area contributed by atoms with Gasteiger partial charge in [0.15, 0.2) is 0 Å². The lowest BCUT2D eigenvalue weighted by atomic mass is 10.3. The van der Waals surface area contributed by atoms with Crippen molar-refractivity contribution in [1.29, 1.82) is 0 Å². The average Bonchev–Trinajstić information content (AvgIpc) is 3.28. The highest BCUT2D eigenvalue weighted by Crippen LogP contribution is 2.31. The van der Waals surface area contributed by atoms with Gasteiger partial charge in [0.25, 0.3) is 15.8 Å².